The number of amides is 2. The van der Waals surface area contributed by atoms with Crippen LogP contribution in [0.2, 0.25) is 0 Å². The van der Waals surface area contributed by atoms with Crippen LogP contribution in [0, 0.1) is 5.82 Å². The molecule has 31 heavy (non-hydrogen) atoms. The van der Waals surface area contributed by atoms with Gasteiger partial charge in [0, 0.05) is 51.8 Å². The van der Waals surface area contributed by atoms with Gasteiger partial charge in [0.15, 0.2) is 0 Å². The smallest absolute Gasteiger partial charge is 0.254 e. The molecule has 0 radical (unpaired) electrons. The van der Waals surface area contributed by atoms with Crippen LogP contribution >= 0.6 is 0 Å². The van der Waals surface area contributed by atoms with Crippen molar-refractivity contribution in [1.82, 2.24) is 14.9 Å². The number of anilines is 2. The van der Waals surface area contributed by atoms with Crippen LogP contribution in [0.1, 0.15) is 37.7 Å². The lowest BCUT2D eigenvalue weighted by molar-refractivity contribution is -0.150. The molecule has 1 atom stereocenters. The third kappa shape index (κ3) is 4.99. The summed E-state index contributed by atoms with van der Waals surface area (Å²) < 4.78 is 18.5. The fraction of sp³-hybridized carbons (Fsp3) is 0.455. The van der Waals surface area contributed by atoms with E-state index in [9.17, 15) is 14.0 Å². The Morgan fingerprint density at radius 2 is 2.00 bits per heavy atom. The van der Waals surface area contributed by atoms with Crippen LogP contribution in [0.3, 0.4) is 0 Å². The zero-order chi connectivity index (χ0) is 22.8. The molecule has 1 aromatic carbocycles. The number of benzene rings is 1. The monoisotopic (exact) mass is 429 g/mol. The molecule has 0 bridgehead atoms. The number of hydrogen-bond donors (Lipinski definition) is 1. The second-order valence-corrected chi connectivity index (χ2v) is 8.10. The summed E-state index contributed by atoms with van der Waals surface area (Å²) in [4.78, 5) is 37.5. The maximum absolute atomic E-state index is 13.2. The summed E-state index contributed by atoms with van der Waals surface area (Å²) in [6.45, 7) is 4.05. The maximum atomic E-state index is 13.2. The Bertz CT molecular complexity index is 964. The lowest BCUT2D eigenvalue weighted by atomic mass is 10.0. The Balaban J connectivity index is 1.81. The van der Waals surface area contributed by atoms with Gasteiger partial charge in [0.1, 0.15) is 23.1 Å². The zero-order valence-electron chi connectivity index (χ0n) is 18.5. The summed E-state index contributed by atoms with van der Waals surface area (Å²) >= 11 is 0. The van der Waals surface area contributed by atoms with Gasteiger partial charge in [-0.25, -0.2) is 14.4 Å². The molecule has 1 N–H and O–H groups in total. The van der Waals surface area contributed by atoms with E-state index >= 15 is 0 Å². The van der Waals surface area contributed by atoms with Crippen molar-refractivity contribution in [2.24, 2.45) is 0 Å². The minimum atomic E-state index is -0.953. The molecule has 1 aromatic heterocycles. The highest BCUT2D eigenvalue weighted by Crippen LogP contribution is 2.32. The van der Waals surface area contributed by atoms with Gasteiger partial charge in [0.2, 0.25) is 5.91 Å². The number of aromatic nitrogens is 2. The number of carbonyl (C=O) groups is 2. The highest BCUT2D eigenvalue weighted by molar-refractivity contribution is 5.96. The van der Waals surface area contributed by atoms with Gasteiger partial charge < -0.3 is 19.9 Å². The predicted molar refractivity (Wildman–Crippen MR) is 115 cm³/mol. The van der Waals surface area contributed by atoms with E-state index in [1.165, 1.54) is 24.1 Å². The number of hydrogen-bond acceptors (Lipinski definition) is 6. The van der Waals surface area contributed by atoms with Crippen molar-refractivity contribution in [1.29, 1.82) is 0 Å². The number of nitrogens with one attached hydrogen (secondary N) is 1. The summed E-state index contributed by atoms with van der Waals surface area (Å²) in [7, 11) is 4.92. The van der Waals surface area contributed by atoms with Crippen molar-refractivity contribution in [3.8, 4) is 0 Å². The SMILES string of the molecule is CNc1cc([C@@H]2CC(=O)N(c3ccc(F)cc3)C2)nc(CN(C)C(=O)C(C)(C)OC)n1. The second-order valence-electron chi connectivity index (χ2n) is 8.10. The van der Waals surface area contributed by atoms with Gasteiger partial charge in [-0.05, 0) is 38.1 Å². The van der Waals surface area contributed by atoms with Crippen LogP contribution in [0.15, 0.2) is 30.3 Å². The summed E-state index contributed by atoms with van der Waals surface area (Å²) in [5, 5.41) is 3.02. The average Bonchev–Trinajstić information content (AvgIpc) is 3.15. The Hall–Kier alpha value is -3.07. The van der Waals surface area contributed by atoms with Crippen molar-refractivity contribution < 1.29 is 18.7 Å². The van der Waals surface area contributed by atoms with Crippen molar-refractivity contribution in [3.63, 3.8) is 0 Å². The topological polar surface area (TPSA) is 87.7 Å². The Morgan fingerprint density at radius 3 is 2.61 bits per heavy atom. The van der Waals surface area contributed by atoms with Gasteiger partial charge in [-0.1, -0.05) is 0 Å². The molecule has 9 heteroatoms. The van der Waals surface area contributed by atoms with Crippen molar-refractivity contribution >= 4 is 23.3 Å². The number of carbonyl (C=O) groups excluding carboxylic acids is 2. The highest BCUT2D eigenvalue weighted by Gasteiger charge is 2.34. The van der Waals surface area contributed by atoms with Gasteiger partial charge in [-0.15, -0.1) is 0 Å². The fourth-order valence-electron chi connectivity index (χ4n) is 3.53. The molecule has 0 spiro atoms. The van der Waals surface area contributed by atoms with Crippen LogP contribution in [-0.4, -0.2) is 60.0 Å². The minimum absolute atomic E-state index is 0.0445. The van der Waals surface area contributed by atoms with Crippen molar-refractivity contribution in [2.45, 2.75) is 38.3 Å². The molecule has 1 aliphatic heterocycles. The summed E-state index contributed by atoms with van der Waals surface area (Å²) in [6, 6.07) is 7.69. The third-order valence-corrected chi connectivity index (χ3v) is 5.48. The molecule has 0 saturated carbocycles. The van der Waals surface area contributed by atoms with E-state index in [-0.39, 0.29) is 30.1 Å². The highest BCUT2D eigenvalue weighted by atomic mass is 19.1. The largest absolute Gasteiger partial charge is 0.373 e. The van der Waals surface area contributed by atoms with Crippen molar-refractivity contribution in [3.05, 3.63) is 47.7 Å². The van der Waals surface area contributed by atoms with E-state index in [4.69, 9.17) is 4.74 Å². The first kappa shape index (κ1) is 22.6. The molecule has 2 amide bonds. The molecular formula is C22H28FN5O3. The minimum Gasteiger partial charge on any atom is -0.373 e. The fourth-order valence-corrected chi connectivity index (χ4v) is 3.53. The Labute approximate surface area is 181 Å². The molecule has 166 valence electrons. The summed E-state index contributed by atoms with van der Waals surface area (Å²) in [5.41, 5.74) is 0.425. The molecule has 0 aliphatic carbocycles. The molecule has 2 heterocycles. The predicted octanol–water partition coefficient (Wildman–Crippen LogP) is 2.56. The molecule has 1 aliphatic rings. The van der Waals surface area contributed by atoms with Crippen LogP contribution < -0.4 is 10.2 Å². The van der Waals surface area contributed by atoms with E-state index in [0.29, 0.717) is 30.3 Å². The molecule has 1 saturated heterocycles. The number of methoxy groups -OCH3 is 1. The van der Waals surface area contributed by atoms with E-state index in [0.717, 1.165) is 5.69 Å². The molecule has 2 aromatic rings. The molecular weight excluding hydrogens is 401 g/mol. The van der Waals surface area contributed by atoms with Gasteiger partial charge in [-0.2, -0.15) is 0 Å². The van der Waals surface area contributed by atoms with Gasteiger partial charge >= 0.3 is 0 Å². The first-order valence-electron chi connectivity index (χ1n) is 10.1. The maximum Gasteiger partial charge on any atom is 0.254 e. The standard InChI is InChI=1S/C22H28FN5O3/c1-22(2,31-5)21(30)27(4)13-19-25-17(11-18(24-3)26-19)14-10-20(29)28(12-14)16-8-6-15(23)7-9-16/h6-9,11,14H,10,12-13H2,1-5H3,(H,24,25,26)/t14-/m1/s1. The number of rotatable bonds is 7. The van der Waals surface area contributed by atoms with Crippen LogP contribution in [0.4, 0.5) is 15.9 Å². The Morgan fingerprint density at radius 1 is 1.32 bits per heavy atom. The average molecular weight is 429 g/mol. The van der Waals surface area contributed by atoms with Gasteiger partial charge in [0.25, 0.3) is 5.91 Å². The van der Waals surface area contributed by atoms with E-state index in [1.54, 1.807) is 45.0 Å². The molecule has 8 nitrogen and oxygen atoms in total. The second kappa shape index (κ2) is 8.97. The first-order chi connectivity index (χ1) is 14.6. The summed E-state index contributed by atoms with van der Waals surface area (Å²) in [6.07, 6.45) is 0.294. The van der Waals surface area contributed by atoms with Crippen LogP contribution in [0.5, 0.6) is 0 Å². The van der Waals surface area contributed by atoms with E-state index in [1.807, 2.05) is 6.07 Å². The number of ether oxygens (including phenoxy) is 1. The zero-order valence-corrected chi connectivity index (χ0v) is 18.5. The molecule has 1 fully saturated rings. The van der Waals surface area contributed by atoms with Crippen LogP contribution in [0.25, 0.3) is 0 Å². The molecule has 3 rings (SSSR count). The normalized spacial score (nSPS) is 16.5. The lowest BCUT2D eigenvalue weighted by Gasteiger charge is -2.27. The van der Waals surface area contributed by atoms with Gasteiger partial charge in [-0.3, -0.25) is 9.59 Å². The first-order valence-corrected chi connectivity index (χ1v) is 10.1. The Kier molecular flexibility index (Phi) is 6.54. The third-order valence-electron chi connectivity index (χ3n) is 5.48. The summed E-state index contributed by atoms with van der Waals surface area (Å²) in [5.74, 6) is 0.367. The number of likely N-dealkylation sites (N-methyl/N-ethyl adjacent to an activating group) is 1. The van der Waals surface area contributed by atoms with Crippen molar-refractivity contribution in [2.75, 3.05) is 38.0 Å². The lowest BCUT2D eigenvalue weighted by Crippen LogP contribution is -2.44. The number of halogens is 1. The number of nitrogens with zero attached hydrogens (tertiary/aromatic N) is 4. The van der Waals surface area contributed by atoms with Gasteiger partial charge in [0.05, 0.1) is 12.2 Å². The van der Waals surface area contributed by atoms with E-state index < -0.39 is 5.60 Å². The van der Waals surface area contributed by atoms with Crippen LogP contribution in [-0.2, 0) is 20.9 Å². The molecule has 0 unspecified atom stereocenters. The van der Waals surface area contributed by atoms with E-state index in [2.05, 4.69) is 15.3 Å². The quantitative estimate of drug-likeness (QED) is 0.728.